The Morgan fingerprint density at radius 2 is 1.93 bits per heavy atom. The molecule has 0 spiro atoms. The van der Waals surface area contributed by atoms with E-state index in [-0.39, 0.29) is 5.56 Å². The molecule has 1 aromatic carbocycles. The molecule has 0 radical (unpaired) electrons. The monoisotopic (exact) mass is 220 g/mol. The highest BCUT2D eigenvalue weighted by Gasteiger charge is 2.37. The van der Waals surface area contributed by atoms with Crippen molar-refractivity contribution in [3.05, 3.63) is 35.1 Å². The molecule has 1 nitrogen and oxygen atoms in total. The molecule has 0 aliphatic carbocycles. The molecule has 0 aliphatic rings. The fourth-order valence-electron chi connectivity index (χ4n) is 1.13. The topological polar surface area (TPSA) is 17.1 Å². The molecule has 1 aromatic rings. The maximum absolute atomic E-state index is 12.6. The number of hydrogen-bond acceptors (Lipinski definition) is 1. The Morgan fingerprint density at radius 1 is 1.33 bits per heavy atom. The molecule has 0 heterocycles. The average Bonchev–Trinajstić information content (AvgIpc) is 2.08. The molecule has 0 N–H and O–H groups in total. The number of halogens is 4. The lowest BCUT2D eigenvalue weighted by Gasteiger charge is -2.07. The number of Topliss-reactive ketones (excluding diaryl/α,β-unsaturated/α-hetero) is 1. The first-order valence-electron chi connectivity index (χ1n) is 4.16. The van der Waals surface area contributed by atoms with Gasteiger partial charge < -0.3 is 0 Å². The number of ketones is 1. The first-order chi connectivity index (χ1) is 6.80. The van der Waals surface area contributed by atoms with E-state index in [1.165, 1.54) is 13.0 Å². The van der Waals surface area contributed by atoms with Crippen LogP contribution in [0.15, 0.2) is 18.2 Å². The summed E-state index contributed by atoms with van der Waals surface area (Å²) in [5.74, 6) is -2.35. The summed E-state index contributed by atoms with van der Waals surface area (Å²) in [7, 11) is 0. The number of hydrogen-bond donors (Lipinski definition) is 0. The SMILES string of the molecule is Cc1cc(F)ccc1CC(=O)C(F)(F)F. The average molecular weight is 220 g/mol. The van der Waals surface area contributed by atoms with Crippen LogP contribution < -0.4 is 0 Å². The third-order valence-corrected chi connectivity index (χ3v) is 1.97. The Hall–Kier alpha value is -1.39. The molecule has 0 unspecified atom stereocenters. The van der Waals surface area contributed by atoms with Crippen molar-refractivity contribution in [1.29, 1.82) is 0 Å². The van der Waals surface area contributed by atoms with Gasteiger partial charge in [-0.05, 0) is 30.2 Å². The first-order valence-corrected chi connectivity index (χ1v) is 4.16. The number of rotatable bonds is 2. The third kappa shape index (κ3) is 3.04. The van der Waals surface area contributed by atoms with Gasteiger partial charge in [-0.15, -0.1) is 0 Å². The highest BCUT2D eigenvalue weighted by Crippen LogP contribution is 2.20. The van der Waals surface area contributed by atoms with Crippen LogP contribution in [0.3, 0.4) is 0 Å². The maximum atomic E-state index is 12.6. The molecule has 0 fully saturated rings. The van der Waals surface area contributed by atoms with Crippen LogP contribution in [0.4, 0.5) is 17.6 Å². The number of alkyl halides is 3. The maximum Gasteiger partial charge on any atom is 0.450 e. The quantitative estimate of drug-likeness (QED) is 0.700. The number of carbonyl (C=O) groups excluding carboxylic acids is 1. The minimum Gasteiger partial charge on any atom is -0.289 e. The van der Waals surface area contributed by atoms with Gasteiger partial charge in [0, 0.05) is 6.42 Å². The molecule has 0 aliphatic heterocycles. The van der Waals surface area contributed by atoms with Crippen molar-refractivity contribution in [3.8, 4) is 0 Å². The Bertz CT molecular complexity index is 381. The van der Waals surface area contributed by atoms with E-state index in [4.69, 9.17) is 0 Å². The highest BCUT2D eigenvalue weighted by molar-refractivity contribution is 5.86. The number of benzene rings is 1. The smallest absolute Gasteiger partial charge is 0.289 e. The van der Waals surface area contributed by atoms with Crippen LogP contribution in [0.5, 0.6) is 0 Å². The Balaban J connectivity index is 2.87. The van der Waals surface area contributed by atoms with Gasteiger partial charge in [0.2, 0.25) is 5.78 Å². The second-order valence-electron chi connectivity index (χ2n) is 3.17. The van der Waals surface area contributed by atoms with Gasteiger partial charge in [-0.1, -0.05) is 6.07 Å². The summed E-state index contributed by atoms with van der Waals surface area (Å²) in [6.45, 7) is 1.46. The number of aryl methyl sites for hydroxylation is 1. The predicted molar refractivity (Wildman–Crippen MR) is 45.9 cm³/mol. The highest BCUT2D eigenvalue weighted by atomic mass is 19.4. The lowest BCUT2D eigenvalue weighted by Crippen LogP contribution is -2.24. The molecular formula is C10H8F4O. The van der Waals surface area contributed by atoms with Gasteiger partial charge >= 0.3 is 6.18 Å². The van der Waals surface area contributed by atoms with Crippen molar-refractivity contribution in [2.24, 2.45) is 0 Å². The normalized spacial score (nSPS) is 11.5. The van der Waals surface area contributed by atoms with E-state index in [0.29, 0.717) is 5.56 Å². The van der Waals surface area contributed by atoms with Gasteiger partial charge in [0.1, 0.15) is 5.82 Å². The molecule has 0 saturated carbocycles. The van der Waals surface area contributed by atoms with E-state index in [0.717, 1.165) is 12.1 Å². The van der Waals surface area contributed by atoms with Crippen LogP contribution in [0, 0.1) is 12.7 Å². The number of carbonyl (C=O) groups is 1. The van der Waals surface area contributed by atoms with Crippen molar-refractivity contribution in [1.82, 2.24) is 0 Å². The van der Waals surface area contributed by atoms with Crippen LogP contribution in [0.25, 0.3) is 0 Å². The molecule has 1 rings (SSSR count). The van der Waals surface area contributed by atoms with E-state index in [1.807, 2.05) is 0 Å². The lowest BCUT2D eigenvalue weighted by molar-refractivity contribution is -0.170. The van der Waals surface area contributed by atoms with E-state index in [1.54, 1.807) is 0 Å². The fraction of sp³-hybridized carbons (Fsp3) is 0.300. The fourth-order valence-corrected chi connectivity index (χ4v) is 1.13. The first kappa shape index (κ1) is 11.7. The minimum atomic E-state index is -4.83. The van der Waals surface area contributed by atoms with Crippen molar-refractivity contribution >= 4 is 5.78 Å². The van der Waals surface area contributed by atoms with Crippen molar-refractivity contribution in [3.63, 3.8) is 0 Å². The summed E-state index contributed by atoms with van der Waals surface area (Å²) in [6.07, 6.45) is -5.57. The van der Waals surface area contributed by atoms with E-state index in [9.17, 15) is 22.4 Å². The van der Waals surface area contributed by atoms with Crippen molar-refractivity contribution < 1.29 is 22.4 Å². The largest absolute Gasteiger partial charge is 0.450 e. The third-order valence-electron chi connectivity index (χ3n) is 1.97. The van der Waals surface area contributed by atoms with Crippen LogP contribution >= 0.6 is 0 Å². The van der Waals surface area contributed by atoms with E-state index in [2.05, 4.69) is 0 Å². The second kappa shape index (κ2) is 4.00. The van der Waals surface area contributed by atoms with Crippen LogP contribution in [-0.4, -0.2) is 12.0 Å². The standard InChI is InChI=1S/C10H8F4O/c1-6-4-8(11)3-2-7(6)5-9(15)10(12,13)14/h2-4H,5H2,1H3. The zero-order valence-electron chi connectivity index (χ0n) is 7.86. The van der Waals surface area contributed by atoms with Crippen LogP contribution in [0.1, 0.15) is 11.1 Å². The lowest BCUT2D eigenvalue weighted by atomic mass is 10.0. The van der Waals surface area contributed by atoms with Crippen molar-refractivity contribution in [2.75, 3.05) is 0 Å². The zero-order chi connectivity index (χ0) is 11.6. The molecule has 82 valence electrons. The second-order valence-corrected chi connectivity index (χ2v) is 3.17. The van der Waals surface area contributed by atoms with E-state index >= 15 is 0 Å². The summed E-state index contributed by atoms with van der Waals surface area (Å²) in [6, 6.07) is 3.32. The van der Waals surface area contributed by atoms with E-state index < -0.39 is 24.2 Å². The molecule has 0 aromatic heterocycles. The van der Waals surface area contributed by atoms with Crippen LogP contribution in [0.2, 0.25) is 0 Å². The molecule has 15 heavy (non-hydrogen) atoms. The Kier molecular flexibility index (Phi) is 3.12. The minimum absolute atomic E-state index is 0.193. The Morgan fingerprint density at radius 3 is 2.40 bits per heavy atom. The molecule has 0 amide bonds. The van der Waals surface area contributed by atoms with Gasteiger partial charge in [-0.3, -0.25) is 4.79 Å². The van der Waals surface area contributed by atoms with Gasteiger partial charge in [0.25, 0.3) is 0 Å². The summed E-state index contributed by atoms with van der Waals surface area (Å²) < 4.78 is 48.4. The molecular weight excluding hydrogens is 212 g/mol. The molecule has 5 heteroatoms. The predicted octanol–water partition coefficient (Wildman–Crippen LogP) is 2.81. The summed E-state index contributed by atoms with van der Waals surface area (Å²) >= 11 is 0. The van der Waals surface area contributed by atoms with Gasteiger partial charge in [-0.2, -0.15) is 13.2 Å². The molecule has 0 bridgehead atoms. The van der Waals surface area contributed by atoms with Gasteiger partial charge in [0.15, 0.2) is 0 Å². The summed E-state index contributed by atoms with van der Waals surface area (Å²) in [4.78, 5) is 10.7. The van der Waals surface area contributed by atoms with Gasteiger partial charge in [-0.25, -0.2) is 4.39 Å². The van der Waals surface area contributed by atoms with Gasteiger partial charge in [0.05, 0.1) is 0 Å². The van der Waals surface area contributed by atoms with Crippen molar-refractivity contribution in [2.45, 2.75) is 19.5 Å². The Labute approximate surface area is 83.7 Å². The molecule has 0 saturated heterocycles. The zero-order valence-corrected chi connectivity index (χ0v) is 7.86. The van der Waals surface area contributed by atoms with Crippen LogP contribution in [-0.2, 0) is 11.2 Å². The summed E-state index contributed by atoms with van der Waals surface area (Å²) in [5.41, 5.74) is 0.534. The summed E-state index contributed by atoms with van der Waals surface area (Å²) in [5, 5.41) is 0. The molecule has 0 atom stereocenters.